The van der Waals surface area contributed by atoms with Crippen LogP contribution in [-0.4, -0.2) is 64.3 Å². The summed E-state index contributed by atoms with van der Waals surface area (Å²) in [6, 6.07) is 0. The molecule has 29 heavy (non-hydrogen) atoms. The maximum atomic E-state index is 12.1. The Hall–Kier alpha value is -1.71. The summed E-state index contributed by atoms with van der Waals surface area (Å²) in [5, 5.41) is 20.5. The van der Waals surface area contributed by atoms with Gasteiger partial charge in [-0.2, -0.15) is 13.9 Å². The van der Waals surface area contributed by atoms with Gasteiger partial charge in [-0.15, -0.1) is 0 Å². The number of aromatic nitrogens is 4. The normalized spacial score (nSPS) is 27.4. The highest BCUT2D eigenvalue weighted by molar-refractivity contribution is 7.60. The smallest absolute Gasteiger partial charge is 0.387 e. The number of nitrogens with one attached hydrogen (secondary N) is 1. The minimum atomic E-state index is -5.32. The molecular weight excluding hydrogens is 440 g/mol. The molecule has 3 rings (SSSR count). The minimum absolute atomic E-state index is 0.0317. The van der Waals surface area contributed by atoms with Crippen LogP contribution in [0.4, 0.5) is 5.95 Å². The number of nitrogens with zero attached hydrogens (tertiary/aromatic N) is 3. The summed E-state index contributed by atoms with van der Waals surface area (Å²) in [6.45, 7) is -0.857. The van der Waals surface area contributed by atoms with Crippen LogP contribution in [0.5, 0.6) is 0 Å². The molecule has 0 bridgehead atoms. The molecule has 162 valence electrons. The first-order chi connectivity index (χ1) is 13.3. The molecule has 0 amide bonds. The van der Waals surface area contributed by atoms with Crippen molar-refractivity contribution in [2.24, 2.45) is 7.05 Å². The fourth-order valence-corrected chi connectivity index (χ4v) is 4.48. The molecule has 2 aromatic rings. The van der Waals surface area contributed by atoms with Gasteiger partial charge in [0.25, 0.3) is 11.2 Å². The summed E-state index contributed by atoms with van der Waals surface area (Å²) in [5.41, 5.74) is 5.11. The third kappa shape index (κ3) is 4.57. The summed E-state index contributed by atoms with van der Waals surface area (Å²) in [5.74, 6) is -0.203. The number of H-pyrrole nitrogens is 1. The number of aliphatic hydroxyl groups is 2. The number of imidazole rings is 1. The number of nitrogens with two attached hydrogens (primary N) is 1. The lowest BCUT2D eigenvalue weighted by molar-refractivity contribution is -0.646. The third-order valence-corrected chi connectivity index (χ3v) is 6.16. The number of hydrogen-bond donors (Lipinski definition) is 7. The van der Waals surface area contributed by atoms with Crippen LogP contribution < -0.4 is 15.9 Å². The molecule has 0 spiro atoms. The van der Waals surface area contributed by atoms with Crippen LogP contribution in [0.15, 0.2) is 11.1 Å². The molecular formula is C11H18N5O11P2+. The summed E-state index contributed by atoms with van der Waals surface area (Å²) in [7, 11) is -8.97. The Morgan fingerprint density at radius 2 is 2.00 bits per heavy atom. The number of nitrogen functional groups attached to an aromatic ring is 1. The molecule has 1 aliphatic heterocycles. The van der Waals surface area contributed by atoms with Gasteiger partial charge in [0.15, 0.2) is 0 Å². The SMILES string of the molecule is C[n+]1cn([C@@H]2O[C@H](COP(=O)(O)OP(=O)(O)O)[C@@H](O)[C@H]2O)c2nc(N)[nH]c(=O)c21. The highest BCUT2D eigenvalue weighted by Gasteiger charge is 2.48. The van der Waals surface area contributed by atoms with Gasteiger partial charge >= 0.3 is 21.2 Å². The van der Waals surface area contributed by atoms with Crippen LogP contribution in [0.2, 0.25) is 0 Å². The summed E-state index contributed by atoms with van der Waals surface area (Å²) in [6.07, 6.45) is -4.54. The average Bonchev–Trinajstić information content (AvgIpc) is 3.01. The molecule has 3 heterocycles. The number of ether oxygens (including phenoxy) is 1. The molecule has 0 saturated carbocycles. The number of phosphoric ester groups is 1. The van der Waals surface area contributed by atoms with E-state index in [0.29, 0.717) is 0 Å². The molecule has 0 radical (unpaired) electrons. The molecule has 2 aromatic heterocycles. The minimum Gasteiger partial charge on any atom is -0.387 e. The fraction of sp³-hybridized carbons (Fsp3) is 0.545. The van der Waals surface area contributed by atoms with Gasteiger partial charge in [0, 0.05) is 0 Å². The van der Waals surface area contributed by atoms with E-state index >= 15 is 0 Å². The van der Waals surface area contributed by atoms with E-state index in [2.05, 4.69) is 18.8 Å². The van der Waals surface area contributed by atoms with E-state index in [4.69, 9.17) is 20.3 Å². The highest BCUT2D eigenvalue weighted by atomic mass is 31.3. The predicted molar refractivity (Wildman–Crippen MR) is 90.8 cm³/mol. The van der Waals surface area contributed by atoms with Gasteiger partial charge in [-0.25, -0.2) is 13.7 Å². The van der Waals surface area contributed by atoms with E-state index in [1.807, 2.05) is 0 Å². The van der Waals surface area contributed by atoms with Gasteiger partial charge in [0.05, 0.1) is 13.7 Å². The zero-order valence-corrected chi connectivity index (χ0v) is 16.4. The Morgan fingerprint density at radius 1 is 1.34 bits per heavy atom. The first-order valence-corrected chi connectivity index (χ1v) is 10.8. The lowest BCUT2D eigenvalue weighted by Crippen LogP contribution is -2.34. The number of aryl methyl sites for hydroxylation is 1. The molecule has 16 nitrogen and oxygen atoms in total. The molecule has 1 fully saturated rings. The standard InChI is InChI=1S/C11H17N5O11P2/c1-15-3-16(8-5(15)9(19)14-11(12)13-8)10-7(18)6(17)4(26-10)2-25-29(23,24)27-28(20,21)22/h3-4,6-7,10,17-18H,2H2,1H3,(H5-,12,13,14,19,20,21,22,23,24)/p+1/t4-,6-,7-,10-/m1/s1. The van der Waals surface area contributed by atoms with Gasteiger partial charge < -0.3 is 35.4 Å². The van der Waals surface area contributed by atoms with Crippen LogP contribution in [0.25, 0.3) is 11.2 Å². The largest absolute Gasteiger partial charge is 0.481 e. The molecule has 18 heteroatoms. The molecule has 1 saturated heterocycles. The quantitative estimate of drug-likeness (QED) is 0.168. The third-order valence-electron chi connectivity index (χ3n) is 4.01. The van der Waals surface area contributed by atoms with E-state index in [-0.39, 0.29) is 17.1 Å². The number of hydrogen-bond acceptors (Lipinski definition) is 10. The number of aliphatic hydroxyl groups excluding tert-OH is 2. The van der Waals surface area contributed by atoms with Crippen molar-refractivity contribution in [3.63, 3.8) is 0 Å². The molecule has 1 unspecified atom stereocenters. The van der Waals surface area contributed by atoms with Crippen molar-refractivity contribution < 1.29 is 52.2 Å². The van der Waals surface area contributed by atoms with Crippen LogP contribution in [0.3, 0.4) is 0 Å². The molecule has 0 aromatic carbocycles. The van der Waals surface area contributed by atoms with Gasteiger partial charge in [0.2, 0.25) is 18.5 Å². The second-order valence-electron chi connectivity index (χ2n) is 6.14. The number of fused-ring (bicyclic) bond motifs is 1. The number of aromatic amines is 1. The summed E-state index contributed by atoms with van der Waals surface area (Å²) >= 11 is 0. The average molecular weight is 458 g/mol. The van der Waals surface area contributed by atoms with Crippen molar-refractivity contribution in [3.8, 4) is 0 Å². The van der Waals surface area contributed by atoms with E-state index in [9.17, 15) is 29.0 Å². The van der Waals surface area contributed by atoms with E-state index in [1.165, 1.54) is 22.5 Å². The maximum Gasteiger partial charge on any atom is 0.481 e. The van der Waals surface area contributed by atoms with Crippen molar-refractivity contribution in [1.29, 1.82) is 0 Å². The number of phosphoric acid groups is 2. The molecule has 0 aliphatic carbocycles. The topological polar surface area (TPSA) is 244 Å². The van der Waals surface area contributed by atoms with E-state index < -0.39 is 52.4 Å². The first-order valence-electron chi connectivity index (χ1n) is 7.81. The summed E-state index contributed by atoms with van der Waals surface area (Å²) < 4.78 is 38.3. The number of rotatable bonds is 6. The summed E-state index contributed by atoms with van der Waals surface area (Å²) in [4.78, 5) is 44.8. The molecule has 8 N–H and O–H groups in total. The van der Waals surface area contributed by atoms with Crippen molar-refractivity contribution in [3.05, 3.63) is 16.7 Å². The van der Waals surface area contributed by atoms with Crippen LogP contribution in [-0.2, 0) is 29.7 Å². The zero-order chi connectivity index (χ0) is 21.7. The molecule has 5 atom stereocenters. The van der Waals surface area contributed by atoms with Gasteiger partial charge in [-0.1, -0.05) is 0 Å². The second-order valence-corrected chi connectivity index (χ2v) is 8.97. The van der Waals surface area contributed by atoms with Crippen molar-refractivity contribution >= 4 is 32.8 Å². The zero-order valence-electron chi connectivity index (χ0n) is 14.6. The van der Waals surface area contributed by atoms with Gasteiger partial charge in [-0.3, -0.25) is 14.3 Å². The van der Waals surface area contributed by atoms with Gasteiger partial charge in [-0.05, 0) is 0 Å². The Kier molecular flexibility index (Phi) is 5.70. The predicted octanol–water partition coefficient (Wildman–Crippen LogP) is -3.02. The number of anilines is 1. The Morgan fingerprint density at radius 3 is 2.62 bits per heavy atom. The highest BCUT2D eigenvalue weighted by Crippen LogP contribution is 2.57. The van der Waals surface area contributed by atoms with Crippen molar-refractivity contribution in [2.45, 2.75) is 24.5 Å². The van der Waals surface area contributed by atoms with Crippen molar-refractivity contribution in [2.75, 3.05) is 12.3 Å². The molecule has 1 aliphatic rings. The Bertz CT molecular complexity index is 1080. The van der Waals surface area contributed by atoms with E-state index in [1.54, 1.807) is 0 Å². The van der Waals surface area contributed by atoms with E-state index in [0.717, 1.165) is 0 Å². The maximum absolute atomic E-state index is 12.1. The Balaban J connectivity index is 1.84. The lowest BCUT2D eigenvalue weighted by Gasteiger charge is -2.17. The van der Waals surface area contributed by atoms with Crippen LogP contribution in [0.1, 0.15) is 6.23 Å². The van der Waals surface area contributed by atoms with Crippen LogP contribution >= 0.6 is 15.6 Å². The second kappa shape index (κ2) is 7.52. The fourth-order valence-electron chi connectivity index (χ4n) is 2.88. The van der Waals surface area contributed by atoms with Crippen LogP contribution in [0, 0.1) is 0 Å². The lowest BCUT2D eigenvalue weighted by atomic mass is 10.1. The monoisotopic (exact) mass is 458 g/mol. The van der Waals surface area contributed by atoms with Gasteiger partial charge in [0.1, 0.15) is 18.3 Å². The Labute approximate surface area is 160 Å². The first kappa shape index (κ1) is 22.0. The van der Waals surface area contributed by atoms with Crippen molar-refractivity contribution in [1.82, 2.24) is 14.5 Å².